The zero-order valence-corrected chi connectivity index (χ0v) is 46.4. The average Bonchev–Trinajstić information content (AvgIpc) is 1.73. The van der Waals surface area contributed by atoms with Crippen molar-refractivity contribution in [2.45, 2.75) is 20.6 Å². The summed E-state index contributed by atoms with van der Waals surface area (Å²) >= 11 is 1.90. The molecule has 18 rings (SSSR count). The van der Waals surface area contributed by atoms with Crippen molar-refractivity contribution in [3.05, 3.63) is 348 Å². The van der Waals surface area contributed by atoms with Crippen molar-refractivity contribution < 1.29 is 4.42 Å². The van der Waals surface area contributed by atoms with Crippen molar-refractivity contribution in [3.8, 4) is 44.5 Å². The van der Waals surface area contributed by atoms with Gasteiger partial charge in [-0.2, -0.15) is 0 Å². The SMILES string of the molecule is c1ccc(-c2cc(N(c3ccc4c(c3)C3(c5ccccc5-c5ccccc53)c3ccccc3-4)c3cccc4oc5ccc(N(c6ccccc6)c6ccccc6)cc5c34)cc3c2Sc2ccccc2C32c3ccccc3-c3ccccc32)cc1. The van der Waals surface area contributed by atoms with Crippen LogP contribution in [0, 0.1) is 0 Å². The number of para-hydroxylation sites is 2. The molecular formula is C80H50N2OS. The minimum Gasteiger partial charge on any atom is -0.456 e. The maximum atomic E-state index is 7.06. The molecule has 2 spiro atoms. The first-order chi connectivity index (χ1) is 41.7. The van der Waals surface area contributed by atoms with Crippen LogP contribution in [-0.2, 0) is 10.8 Å². The number of anilines is 6. The Kier molecular flexibility index (Phi) is 10.2. The lowest BCUT2D eigenvalue weighted by molar-refractivity contribution is 0.669. The third-order valence-electron chi connectivity index (χ3n) is 18.5. The second-order valence-electron chi connectivity index (χ2n) is 22.6. The summed E-state index contributed by atoms with van der Waals surface area (Å²) < 4.78 is 7.06. The fraction of sp³-hybridized carbons (Fsp3) is 0.0250. The van der Waals surface area contributed by atoms with Gasteiger partial charge in [-0.25, -0.2) is 0 Å². The summed E-state index contributed by atoms with van der Waals surface area (Å²) in [7, 11) is 0. The normalized spacial score (nSPS) is 13.9. The van der Waals surface area contributed by atoms with E-state index in [1.165, 1.54) is 98.8 Å². The molecule has 3 nitrogen and oxygen atoms in total. The lowest BCUT2D eigenvalue weighted by Crippen LogP contribution is -2.32. The first-order valence-electron chi connectivity index (χ1n) is 29.0. The van der Waals surface area contributed by atoms with E-state index in [-0.39, 0.29) is 0 Å². The maximum absolute atomic E-state index is 7.06. The van der Waals surface area contributed by atoms with Gasteiger partial charge >= 0.3 is 0 Å². The van der Waals surface area contributed by atoms with Crippen molar-refractivity contribution in [3.63, 3.8) is 0 Å². The van der Waals surface area contributed by atoms with E-state index < -0.39 is 10.8 Å². The molecule has 0 fully saturated rings. The van der Waals surface area contributed by atoms with E-state index in [0.29, 0.717) is 0 Å². The van der Waals surface area contributed by atoms with E-state index in [0.717, 1.165) is 56.1 Å². The molecule has 1 aromatic heterocycles. The molecule has 0 unspecified atom stereocenters. The first kappa shape index (κ1) is 47.3. The summed E-state index contributed by atoms with van der Waals surface area (Å²) in [5.41, 5.74) is 27.1. The van der Waals surface area contributed by atoms with Crippen LogP contribution in [0.4, 0.5) is 34.1 Å². The standard InChI is InChI=1S/C80H50N2OS/c1-4-23-51(24-5-1)63-48-56(50-72-78(63)84-76-42-21-20-39-70(76)80(72)68-37-18-12-31-59(68)60-32-13-19-38-69(60)80)82(55-43-45-62-61-33-14-17-36-67(61)79(71(62)49-55)65-34-15-10-29-57(65)58-30-11-16-35-66(58)79)73-40-22-41-75-77(73)64-47-54(44-46-74(64)83-75)81(52-25-6-2-7-26-52)53-27-8-3-9-28-53/h1-50H. The van der Waals surface area contributed by atoms with E-state index in [2.05, 4.69) is 313 Å². The largest absolute Gasteiger partial charge is 0.456 e. The van der Waals surface area contributed by atoms with Gasteiger partial charge in [0, 0.05) is 43.6 Å². The Hall–Kier alpha value is -10.4. The van der Waals surface area contributed by atoms with Crippen LogP contribution in [0.25, 0.3) is 66.4 Å². The number of hydrogen-bond acceptors (Lipinski definition) is 4. The summed E-state index contributed by atoms with van der Waals surface area (Å²) in [5.74, 6) is 0. The molecule has 4 heteroatoms. The van der Waals surface area contributed by atoms with Gasteiger partial charge in [-0.15, -0.1) is 0 Å². The van der Waals surface area contributed by atoms with E-state index in [1.54, 1.807) is 0 Å². The quantitative estimate of drug-likeness (QED) is 0.158. The topological polar surface area (TPSA) is 19.6 Å². The predicted octanol–water partition coefficient (Wildman–Crippen LogP) is 21.4. The van der Waals surface area contributed by atoms with Gasteiger partial charge in [0.15, 0.2) is 0 Å². The molecule has 392 valence electrons. The van der Waals surface area contributed by atoms with Crippen LogP contribution in [0.5, 0.6) is 0 Å². The lowest BCUT2D eigenvalue weighted by atomic mass is 9.66. The van der Waals surface area contributed by atoms with Gasteiger partial charge in [0.05, 0.1) is 21.9 Å². The second-order valence-corrected chi connectivity index (χ2v) is 23.6. The van der Waals surface area contributed by atoms with Gasteiger partial charge in [0.25, 0.3) is 0 Å². The molecule has 0 amide bonds. The molecule has 0 atom stereocenters. The minimum atomic E-state index is -0.641. The first-order valence-corrected chi connectivity index (χ1v) is 29.8. The molecule has 84 heavy (non-hydrogen) atoms. The van der Waals surface area contributed by atoms with Crippen molar-refractivity contribution in [1.82, 2.24) is 0 Å². The number of nitrogens with zero attached hydrogens (tertiary/aromatic N) is 2. The zero-order chi connectivity index (χ0) is 55.1. The number of hydrogen-bond donors (Lipinski definition) is 0. The fourth-order valence-electron chi connectivity index (χ4n) is 15.3. The van der Waals surface area contributed by atoms with Crippen LogP contribution in [0.3, 0.4) is 0 Å². The second kappa shape index (κ2) is 18.1. The zero-order valence-electron chi connectivity index (χ0n) is 45.6. The Morgan fingerprint density at radius 1 is 0.274 bits per heavy atom. The lowest BCUT2D eigenvalue weighted by Gasteiger charge is -2.41. The monoisotopic (exact) mass is 1090 g/mol. The highest BCUT2D eigenvalue weighted by molar-refractivity contribution is 7.99. The molecular weight excluding hydrogens is 1040 g/mol. The highest BCUT2D eigenvalue weighted by Crippen LogP contribution is 2.66. The summed E-state index contributed by atoms with van der Waals surface area (Å²) in [6, 6.07) is 113. The van der Waals surface area contributed by atoms with Gasteiger partial charge in [-0.1, -0.05) is 230 Å². The minimum absolute atomic E-state index is 0.560. The summed E-state index contributed by atoms with van der Waals surface area (Å²) in [6.45, 7) is 0. The summed E-state index contributed by atoms with van der Waals surface area (Å²) in [5, 5.41) is 2.07. The van der Waals surface area contributed by atoms with Crippen LogP contribution >= 0.6 is 11.8 Å². The Labute approximate surface area is 492 Å². The van der Waals surface area contributed by atoms with Crippen LogP contribution < -0.4 is 9.80 Å². The molecule has 0 saturated heterocycles. The van der Waals surface area contributed by atoms with E-state index in [9.17, 15) is 0 Å². The van der Waals surface area contributed by atoms with E-state index in [4.69, 9.17) is 4.42 Å². The molecule has 3 aliphatic carbocycles. The predicted molar refractivity (Wildman–Crippen MR) is 346 cm³/mol. The molecule has 1 aliphatic heterocycles. The van der Waals surface area contributed by atoms with E-state index in [1.807, 2.05) is 11.8 Å². The molecule has 4 aliphatic rings. The van der Waals surface area contributed by atoms with Crippen molar-refractivity contribution in [2.75, 3.05) is 9.80 Å². The Morgan fingerprint density at radius 2 is 0.726 bits per heavy atom. The molecule has 0 radical (unpaired) electrons. The maximum Gasteiger partial charge on any atom is 0.137 e. The highest BCUT2D eigenvalue weighted by Gasteiger charge is 2.53. The summed E-state index contributed by atoms with van der Waals surface area (Å²) in [6.07, 6.45) is 0. The number of benzene rings is 13. The highest BCUT2D eigenvalue weighted by atomic mass is 32.2. The Morgan fingerprint density at radius 3 is 1.30 bits per heavy atom. The summed E-state index contributed by atoms with van der Waals surface area (Å²) in [4.78, 5) is 7.44. The molecule has 13 aromatic carbocycles. The van der Waals surface area contributed by atoms with Crippen molar-refractivity contribution in [2.24, 2.45) is 0 Å². The van der Waals surface area contributed by atoms with Crippen LogP contribution in [-0.4, -0.2) is 0 Å². The molecule has 2 heterocycles. The number of rotatable bonds is 7. The molecule has 0 N–H and O–H groups in total. The van der Waals surface area contributed by atoms with Crippen molar-refractivity contribution in [1.29, 1.82) is 0 Å². The van der Waals surface area contributed by atoms with Gasteiger partial charge in [-0.05, 0) is 174 Å². The Balaban J connectivity index is 0.967. The van der Waals surface area contributed by atoms with Gasteiger partial charge in [-0.3, -0.25) is 0 Å². The fourth-order valence-corrected chi connectivity index (χ4v) is 16.6. The van der Waals surface area contributed by atoms with Crippen molar-refractivity contribution >= 4 is 67.8 Å². The van der Waals surface area contributed by atoms with E-state index >= 15 is 0 Å². The molecule has 0 saturated carbocycles. The third kappa shape index (κ3) is 6.43. The molecule has 14 aromatic rings. The van der Waals surface area contributed by atoms with Crippen LogP contribution in [0.2, 0.25) is 0 Å². The number of furan rings is 1. The van der Waals surface area contributed by atoms with Crippen LogP contribution in [0.1, 0.15) is 44.5 Å². The van der Waals surface area contributed by atoms with Gasteiger partial charge in [0.1, 0.15) is 11.2 Å². The smallest absolute Gasteiger partial charge is 0.137 e. The van der Waals surface area contributed by atoms with Crippen LogP contribution in [0.15, 0.2) is 318 Å². The van der Waals surface area contributed by atoms with Gasteiger partial charge in [0.2, 0.25) is 0 Å². The average molecular weight is 1090 g/mol. The Bertz CT molecular complexity index is 4880. The third-order valence-corrected chi connectivity index (χ3v) is 19.7. The number of fused-ring (bicyclic) bond motifs is 22. The molecule has 0 bridgehead atoms. The van der Waals surface area contributed by atoms with Gasteiger partial charge < -0.3 is 14.2 Å².